The van der Waals surface area contributed by atoms with Crippen molar-refractivity contribution in [2.24, 2.45) is 5.41 Å². The number of nitrogens with one attached hydrogen (secondary N) is 4. The number of anilines is 2. The molecule has 0 unspecified atom stereocenters. The summed E-state index contributed by atoms with van der Waals surface area (Å²) in [4.78, 5) is 24.4. The second-order valence-corrected chi connectivity index (χ2v) is 5.98. The van der Waals surface area contributed by atoms with E-state index in [9.17, 15) is 9.59 Å². The van der Waals surface area contributed by atoms with Crippen molar-refractivity contribution in [1.82, 2.24) is 10.6 Å². The Labute approximate surface area is 154 Å². The van der Waals surface area contributed by atoms with Gasteiger partial charge in [0.25, 0.3) is 0 Å². The molecule has 0 aliphatic carbocycles. The Hall–Kier alpha value is -1.83. The van der Waals surface area contributed by atoms with Crippen LogP contribution in [0.25, 0.3) is 0 Å². The summed E-state index contributed by atoms with van der Waals surface area (Å²) >= 11 is 0. The molecule has 1 aromatic carbocycles. The first-order chi connectivity index (χ1) is 11.6. The SMILES string of the molecule is CCNC(=O)Nc1cccc(NC(=O)C2(COC)CCNCC2)c1.Cl. The number of rotatable bonds is 6. The van der Waals surface area contributed by atoms with Crippen molar-refractivity contribution >= 4 is 35.7 Å². The van der Waals surface area contributed by atoms with Crippen LogP contribution in [-0.4, -0.2) is 45.3 Å². The van der Waals surface area contributed by atoms with E-state index >= 15 is 0 Å². The van der Waals surface area contributed by atoms with Crippen LogP contribution < -0.4 is 21.3 Å². The molecule has 0 saturated carbocycles. The largest absolute Gasteiger partial charge is 0.384 e. The maximum Gasteiger partial charge on any atom is 0.319 e. The van der Waals surface area contributed by atoms with Gasteiger partial charge in [0.05, 0.1) is 12.0 Å². The molecular weight excluding hydrogens is 344 g/mol. The maximum atomic E-state index is 12.8. The van der Waals surface area contributed by atoms with Crippen molar-refractivity contribution in [3.05, 3.63) is 24.3 Å². The first-order valence-electron chi connectivity index (χ1n) is 8.25. The molecule has 2 rings (SSSR count). The normalized spacial score (nSPS) is 15.6. The Morgan fingerprint density at radius 2 is 1.84 bits per heavy atom. The lowest BCUT2D eigenvalue weighted by Gasteiger charge is -2.35. The second kappa shape index (κ2) is 10.2. The third kappa shape index (κ3) is 5.88. The molecule has 0 radical (unpaired) electrons. The highest BCUT2D eigenvalue weighted by atomic mass is 35.5. The highest BCUT2D eigenvalue weighted by molar-refractivity contribution is 5.96. The van der Waals surface area contributed by atoms with E-state index < -0.39 is 5.41 Å². The van der Waals surface area contributed by atoms with Crippen molar-refractivity contribution in [1.29, 1.82) is 0 Å². The van der Waals surface area contributed by atoms with Crippen molar-refractivity contribution in [3.63, 3.8) is 0 Å². The molecule has 1 aliphatic rings. The topological polar surface area (TPSA) is 91.5 Å². The molecule has 8 heteroatoms. The average Bonchev–Trinajstić information content (AvgIpc) is 2.56. The molecule has 1 aliphatic heterocycles. The van der Waals surface area contributed by atoms with Crippen LogP contribution in [0.2, 0.25) is 0 Å². The number of hydrogen-bond donors (Lipinski definition) is 4. The van der Waals surface area contributed by atoms with Gasteiger partial charge in [0, 0.05) is 25.0 Å². The summed E-state index contributed by atoms with van der Waals surface area (Å²) in [6, 6.07) is 6.86. The number of amides is 3. The van der Waals surface area contributed by atoms with Gasteiger partial charge in [-0.3, -0.25) is 4.79 Å². The fourth-order valence-electron chi connectivity index (χ4n) is 2.89. The number of urea groups is 1. The quantitative estimate of drug-likeness (QED) is 0.617. The fourth-order valence-corrected chi connectivity index (χ4v) is 2.89. The average molecular weight is 371 g/mol. The van der Waals surface area contributed by atoms with E-state index in [4.69, 9.17) is 4.74 Å². The van der Waals surface area contributed by atoms with Crippen LogP contribution in [0, 0.1) is 5.41 Å². The van der Waals surface area contributed by atoms with Gasteiger partial charge in [-0.05, 0) is 51.1 Å². The minimum atomic E-state index is -0.511. The first kappa shape index (κ1) is 21.2. The molecule has 0 aromatic heterocycles. The molecule has 1 saturated heterocycles. The van der Waals surface area contributed by atoms with Crippen molar-refractivity contribution in [3.8, 4) is 0 Å². The first-order valence-corrected chi connectivity index (χ1v) is 8.25. The van der Waals surface area contributed by atoms with Gasteiger partial charge < -0.3 is 26.0 Å². The summed E-state index contributed by atoms with van der Waals surface area (Å²) in [6.45, 7) is 4.41. The summed E-state index contributed by atoms with van der Waals surface area (Å²) in [6.07, 6.45) is 1.48. The highest BCUT2D eigenvalue weighted by Crippen LogP contribution is 2.31. The number of ether oxygens (including phenoxy) is 1. The van der Waals surface area contributed by atoms with E-state index in [0.29, 0.717) is 24.5 Å². The van der Waals surface area contributed by atoms with Gasteiger partial charge in [-0.25, -0.2) is 4.79 Å². The number of hydrogen-bond acceptors (Lipinski definition) is 4. The van der Waals surface area contributed by atoms with E-state index in [1.165, 1.54) is 0 Å². The lowest BCUT2D eigenvalue weighted by molar-refractivity contribution is -0.130. The smallest absolute Gasteiger partial charge is 0.319 e. The van der Waals surface area contributed by atoms with Crippen LogP contribution in [0.15, 0.2) is 24.3 Å². The zero-order chi connectivity index (χ0) is 17.4. The van der Waals surface area contributed by atoms with Crippen LogP contribution in [0.4, 0.5) is 16.2 Å². The Balaban J connectivity index is 0.00000312. The van der Waals surface area contributed by atoms with E-state index in [2.05, 4.69) is 21.3 Å². The Morgan fingerprint density at radius 3 is 2.44 bits per heavy atom. The second-order valence-electron chi connectivity index (χ2n) is 5.98. The van der Waals surface area contributed by atoms with Crippen molar-refractivity contribution in [2.45, 2.75) is 19.8 Å². The van der Waals surface area contributed by atoms with Crippen LogP contribution in [-0.2, 0) is 9.53 Å². The van der Waals surface area contributed by atoms with Gasteiger partial charge in [0.1, 0.15) is 0 Å². The molecule has 0 bridgehead atoms. The van der Waals surface area contributed by atoms with Crippen molar-refractivity contribution < 1.29 is 14.3 Å². The summed E-state index contributed by atoms with van der Waals surface area (Å²) < 4.78 is 5.29. The maximum absolute atomic E-state index is 12.8. The van der Waals surface area contributed by atoms with Gasteiger partial charge in [0.2, 0.25) is 5.91 Å². The molecule has 0 spiro atoms. The molecule has 25 heavy (non-hydrogen) atoms. The third-order valence-corrected chi connectivity index (χ3v) is 4.18. The highest BCUT2D eigenvalue weighted by Gasteiger charge is 2.39. The minimum Gasteiger partial charge on any atom is -0.384 e. The lowest BCUT2D eigenvalue weighted by atomic mass is 9.78. The number of methoxy groups -OCH3 is 1. The molecule has 0 atom stereocenters. The standard InChI is InChI=1S/C17H26N4O3.ClH/c1-3-19-16(23)21-14-6-4-5-13(11-14)20-15(22)17(12-24-2)7-9-18-10-8-17;/h4-6,11,18H,3,7-10,12H2,1-2H3,(H,20,22)(H2,19,21,23);1H. The molecule has 3 amide bonds. The molecular formula is C17H27ClN4O3. The molecule has 7 nitrogen and oxygen atoms in total. The summed E-state index contributed by atoms with van der Waals surface area (Å²) in [5, 5.41) is 11.6. The zero-order valence-corrected chi connectivity index (χ0v) is 15.5. The monoisotopic (exact) mass is 370 g/mol. The molecule has 1 fully saturated rings. The van der Waals surface area contributed by atoms with Crippen LogP contribution in [0.3, 0.4) is 0 Å². The number of benzene rings is 1. The minimum absolute atomic E-state index is 0. The molecule has 140 valence electrons. The van der Waals surface area contributed by atoms with Crippen LogP contribution >= 0.6 is 12.4 Å². The lowest BCUT2D eigenvalue weighted by Crippen LogP contribution is -2.47. The molecule has 4 N–H and O–H groups in total. The van der Waals surface area contributed by atoms with E-state index in [1.807, 2.05) is 13.0 Å². The van der Waals surface area contributed by atoms with Crippen LogP contribution in [0.5, 0.6) is 0 Å². The Bertz CT molecular complexity index is 571. The van der Waals surface area contributed by atoms with Gasteiger partial charge in [0.15, 0.2) is 0 Å². The van der Waals surface area contributed by atoms with E-state index in [0.717, 1.165) is 25.9 Å². The summed E-state index contributed by atoms with van der Waals surface area (Å²) in [5.41, 5.74) is 0.774. The Kier molecular flexibility index (Phi) is 8.68. The van der Waals surface area contributed by atoms with E-state index in [-0.39, 0.29) is 24.3 Å². The van der Waals surface area contributed by atoms with Gasteiger partial charge in [-0.15, -0.1) is 12.4 Å². The number of carbonyl (C=O) groups is 2. The number of carbonyl (C=O) groups excluding carboxylic acids is 2. The van der Waals surface area contributed by atoms with Crippen LogP contribution in [0.1, 0.15) is 19.8 Å². The molecule has 1 aromatic rings. The predicted octanol–water partition coefficient (Wildman–Crippen LogP) is 2.20. The number of halogens is 1. The fraction of sp³-hybridized carbons (Fsp3) is 0.529. The third-order valence-electron chi connectivity index (χ3n) is 4.18. The summed E-state index contributed by atoms with van der Waals surface area (Å²) in [5.74, 6) is -0.0407. The summed E-state index contributed by atoms with van der Waals surface area (Å²) in [7, 11) is 1.62. The number of piperidine rings is 1. The predicted molar refractivity (Wildman–Crippen MR) is 101 cm³/mol. The van der Waals surface area contributed by atoms with Gasteiger partial charge >= 0.3 is 6.03 Å². The molecule has 1 heterocycles. The zero-order valence-electron chi connectivity index (χ0n) is 14.7. The van der Waals surface area contributed by atoms with Gasteiger partial charge in [-0.2, -0.15) is 0 Å². The Morgan fingerprint density at radius 1 is 1.20 bits per heavy atom. The van der Waals surface area contributed by atoms with Crippen molar-refractivity contribution in [2.75, 3.05) is 44.0 Å². The van der Waals surface area contributed by atoms with Gasteiger partial charge in [-0.1, -0.05) is 6.07 Å². The van der Waals surface area contributed by atoms with E-state index in [1.54, 1.807) is 25.3 Å².